The normalized spacial score (nSPS) is 10.8. The van der Waals surface area contributed by atoms with Gasteiger partial charge in [0.1, 0.15) is 0 Å². The fraction of sp³-hybridized carbons (Fsp3) is 0.0526. The van der Waals surface area contributed by atoms with Gasteiger partial charge < -0.3 is 0 Å². The van der Waals surface area contributed by atoms with Gasteiger partial charge in [-0.25, -0.2) is 5.43 Å². The van der Waals surface area contributed by atoms with Gasteiger partial charge in [-0.1, -0.05) is 60.7 Å². The van der Waals surface area contributed by atoms with E-state index in [-0.39, 0.29) is 5.91 Å². The molecule has 2 aromatic carbocycles. The van der Waals surface area contributed by atoms with Crippen molar-refractivity contribution in [2.45, 2.75) is 6.42 Å². The minimum atomic E-state index is -0.118. The summed E-state index contributed by atoms with van der Waals surface area (Å²) < 4.78 is 0. The first-order chi connectivity index (χ1) is 11.3. The Morgan fingerprint density at radius 1 is 0.957 bits per heavy atom. The Bertz CT molecular complexity index is 795. The van der Waals surface area contributed by atoms with Crippen LogP contribution in [0.2, 0.25) is 0 Å². The highest BCUT2D eigenvalue weighted by Crippen LogP contribution is 2.26. The van der Waals surface area contributed by atoms with E-state index in [1.54, 1.807) is 17.6 Å². The molecular formula is C19H16N2OS. The summed E-state index contributed by atoms with van der Waals surface area (Å²) >= 11 is 1.64. The van der Waals surface area contributed by atoms with E-state index < -0.39 is 0 Å². The largest absolute Gasteiger partial charge is 0.273 e. The first kappa shape index (κ1) is 15.2. The van der Waals surface area contributed by atoms with Crippen molar-refractivity contribution < 1.29 is 4.79 Å². The zero-order valence-electron chi connectivity index (χ0n) is 12.5. The number of carbonyl (C=O) groups is 1. The highest BCUT2D eigenvalue weighted by Gasteiger charge is 2.02. The molecule has 0 unspecified atom stereocenters. The molecular weight excluding hydrogens is 304 g/mol. The van der Waals surface area contributed by atoms with E-state index in [1.165, 1.54) is 10.4 Å². The maximum Gasteiger partial charge on any atom is 0.244 e. The average Bonchev–Trinajstić information content (AvgIpc) is 3.05. The number of rotatable bonds is 5. The number of hydrazone groups is 1. The Morgan fingerprint density at radius 2 is 1.65 bits per heavy atom. The number of nitrogens with one attached hydrogen (secondary N) is 1. The molecule has 1 N–H and O–H groups in total. The molecule has 3 rings (SSSR count). The first-order valence-corrected chi connectivity index (χ1v) is 8.14. The molecule has 0 aliphatic rings. The lowest BCUT2D eigenvalue weighted by atomic mass is 10.1. The smallest absolute Gasteiger partial charge is 0.244 e. The highest BCUT2D eigenvalue weighted by atomic mass is 32.1. The maximum atomic E-state index is 11.8. The lowest BCUT2D eigenvalue weighted by molar-refractivity contribution is -0.120. The summed E-state index contributed by atoms with van der Waals surface area (Å²) in [5, 5.41) is 4.03. The minimum absolute atomic E-state index is 0.118. The third-order valence-electron chi connectivity index (χ3n) is 3.27. The number of hydrogen-bond acceptors (Lipinski definition) is 3. The molecule has 0 atom stereocenters. The quantitative estimate of drug-likeness (QED) is 0.558. The van der Waals surface area contributed by atoms with Gasteiger partial charge in [-0.05, 0) is 23.3 Å². The predicted molar refractivity (Wildman–Crippen MR) is 95.6 cm³/mol. The number of hydrogen-bond donors (Lipinski definition) is 1. The van der Waals surface area contributed by atoms with E-state index in [0.717, 1.165) is 10.4 Å². The van der Waals surface area contributed by atoms with E-state index in [1.807, 2.05) is 54.6 Å². The number of benzene rings is 2. The molecule has 0 aliphatic heterocycles. The summed E-state index contributed by atoms with van der Waals surface area (Å²) in [6, 6.07) is 23.9. The predicted octanol–water partition coefficient (Wildman–Crippen LogP) is 4.11. The van der Waals surface area contributed by atoms with Gasteiger partial charge >= 0.3 is 0 Å². The molecule has 0 saturated carbocycles. The van der Waals surface area contributed by atoms with Crippen molar-refractivity contribution in [3.63, 3.8) is 0 Å². The fourth-order valence-electron chi connectivity index (χ4n) is 2.17. The van der Waals surface area contributed by atoms with Crippen LogP contribution in [0.1, 0.15) is 10.4 Å². The molecule has 0 spiro atoms. The fourth-order valence-corrected chi connectivity index (χ4v) is 3.05. The summed E-state index contributed by atoms with van der Waals surface area (Å²) in [6.45, 7) is 0. The van der Waals surface area contributed by atoms with Crippen molar-refractivity contribution in [1.29, 1.82) is 0 Å². The number of thiophene rings is 1. The average molecular weight is 320 g/mol. The van der Waals surface area contributed by atoms with Crippen LogP contribution < -0.4 is 5.43 Å². The van der Waals surface area contributed by atoms with Gasteiger partial charge in [0.15, 0.2) is 0 Å². The van der Waals surface area contributed by atoms with Crippen LogP contribution in [0, 0.1) is 0 Å². The zero-order chi connectivity index (χ0) is 15.9. The third-order valence-corrected chi connectivity index (χ3v) is 4.34. The highest BCUT2D eigenvalue weighted by molar-refractivity contribution is 7.17. The number of nitrogens with zero attached hydrogens (tertiary/aromatic N) is 1. The van der Waals surface area contributed by atoms with Crippen LogP contribution in [0.4, 0.5) is 0 Å². The van der Waals surface area contributed by atoms with Gasteiger partial charge in [0.05, 0.1) is 12.6 Å². The topological polar surface area (TPSA) is 41.5 Å². The first-order valence-electron chi connectivity index (χ1n) is 7.32. The van der Waals surface area contributed by atoms with Gasteiger partial charge in [-0.2, -0.15) is 5.10 Å². The number of amides is 1. The summed E-state index contributed by atoms with van der Waals surface area (Å²) in [7, 11) is 0. The van der Waals surface area contributed by atoms with Crippen LogP contribution in [-0.4, -0.2) is 12.1 Å². The van der Waals surface area contributed by atoms with Gasteiger partial charge in [0, 0.05) is 9.75 Å². The van der Waals surface area contributed by atoms with Crippen LogP contribution in [0.5, 0.6) is 0 Å². The Morgan fingerprint density at radius 3 is 2.39 bits per heavy atom. The molecule has 1 heterocycles. The van der Waals surface area contributed by atoms with Crippen molar-refractivity contribution in [1.82, 2.24) is 5.43 Å². The SMILES string of the molecule is O=C(Cc1ccccc1)N/N=C/c1ccc(-c2ccccc2)s1. The minimum Gasteiger partial charge on any atom is -0.273 e. The molecule has 23 heavy (non-hydrogen) atoms. The van der Waals surface area contributed by atoms with E-state index in [9.17, 15) is 4.79 Å². The molecule has 1 aromatic heterocycles. The Labute approximate surface area is 139 Å². The number of carbonyl (C=O) groups excluding carboxylic acids is 1. The van der Waals surface area contributed by atoms with E-state index in [0.29, 0.717) is 6.42 Å². The third kappa shape index (κ3) is 4.37. The molecule has 0 radical (unpaired) electrons. The molecule has 0 saturated heterocycles. The molecule has 0 aliphatic carbocycles. The van der Waals surface area contributed by atoms with E-state index in [2.05, 4.69) is 28.7 Å². The molecule has 0 fully saturated rings. The lowest BCUT2D eigenvalue weighted by Crippen LogP contribution is -2.19. The standard InChI is InChI=1S/C19H16N2OS/c22-19(13-15-7-3-1-4-8-15)21-20-14-17-11-12-18(23-17)16-9-5-2-6-10-16/h1-12,14H,13H2,(H,21,22)/b20-14+. The summed E-state index contributed by atoms with van der Waals surface area (Å²) in [5.74, 6) is -0.118. The monoisotopic (exact) mass is 320 g/mol. The second-order valence-corrected chi connectivity index (χ2v) is 6.14. The maximum absolute atomic E-state index is 11.8. The second kappa shape index (κ2) is 7.51. The van der Waals surface area contributed by atoms with Gasteiger partial charge in [-0.15, -0.1) is 11.3 Å². The molecule has 114 valence electrons. The van der Waals surface area contributed by atoms with Gasteiger partial charge in [-0.3, -0.25) is 4.79 Å². The van der Waals surface area contributed by atoms with Crippen LogP contribution in [-0.2, 0) is 11.2 Å². The van der Waals surface area contributed by atoms with Crippen molar-refractivity contribution >= 4 is 23.5 Å². The summed E-state index contributed by atoms with van der Waals surface area (Å²) in [5.41, 5.74) is 4.73. The lowest BCUT2D eigenvalue weighted by Gasteiger charge is -1.99. The van der Waals surface area contributed by atoms with Crippen LogP contribution >= 0.6 is 11.3 Å². The van der Waals surface area contributed by atoms with Crippen LogP contribution in [0.15, 0.2) is 77.9 Å². The summed E-state index contributed by atoms with van der Waals surface area (Å²) in [6.07, 6.45) is 2.01. The van der Waals surface area contributed by atoms with E-state index >= 15 is 0 Å². The molecule has 3 aromatic rings. The molecule has 1 amide bonds. The van der Waals surface area contributed by atoms with E-state index in [4.69, 9.17) is 0 Å². The molecule has 4 heteroatoms. The van der Waals surface area contributed by atoms with Crippen LogP contribution in [0.25, 0.3) is 10.4 Å². The van der Waals surface area contributed by atoms with Crippen molar-refractivity contribution in [2.24, 2.45) is 5.10 Å². The van der Waals surface area contributed by atoms with Crippen molar-refractivity contribution in [2.75, 3.05) is 0 Å². The zero-order valence-corrected chi connectivity index (χ0v) is 13.3. The van der Waals surface area contributed by atoms with Crippen molar-refractivity contribution in [3.05, 3.63) is 83.2 Å². The van der Waals surface area contributed by atoms with Crippen molar-refractivity contribution in [3.8, 4) is 10.4 Å². The van der Waals surface area contributed by atoms with Crippen LogP contribution in [0.3, 0.4) is 0 Å². The Balaban J connectivity index is 1.56. The van der Waals surface area contributed by atoms with Gasteiger partial charge in [0.25, 0.3) is 0 Å². The molecule has 3 nitrogen and oxygen atoms in total. The Hall–Kier alpha value is -2.72. The van der Waals surface area contributed by atoms with Gasteiger partial charge in [0.2, 0.25) is 5.91 Å². The second-order valence-electron chi connectivity index (χ2n) is 5.02. The summed E-state index contributed by atoms with van der Waals surface area (Å²) in [4.78, 5) is 14.0. The Kier molecular flexibility index (Phi) is 4.96. The molecule has 0 bridgehead atoms.